The fourth-order valence-electron chi connectivity index (χ4n) is 1.84. The minimum absolute atomic E-state index is 0.279. The second kappa shape index (κ2) is 6.95. The van der Waals surface area contributed by atoms with Gasteiger partial charge in [0.05, 0.1) is 23.5 Å². The lowest BCUT2D eigenvalue weighted by Crippen LogP contribution is -2.15. The van der Waals surface area contributed by atoms with Gasteiger partial charge in [0.15, 0.2) is 5.75 Å². The first-order chi connectivity index (χ1) is 10.0. The van der Waals surface area contributed by atoms with Gasteiger partial charge in [-0.25, -0.2) is 0 Å². The van der Waals surface area contributed by atoms with Crippen LogP contribution in [0.2, 0.25) is 0 Å². The van der Waals surface area contributed by atoms with Crippen molar-refractivity contribution in [2.75, 3.05) is 17.7 Å². The van der Waals surface area contributed by atoms with Crippen molar-refractivity contribution in [2.45, 2.75) is 6.92 Å². The highest BCUT2D eigenvalue weighted by molar-refractivity contribution is 9.11. The van der Waals surface area contributed by atoms with Crippen LogP contribution in [-0.4, -0.2) is 12.5 Å². The van der Waals surface area contributed by atoms with Gasteiger partial charge in [-0.1, -0.05) is 12.1 Å². The first kappa shape index (κ1) is 15.9. The lowest BCUT2D eigenvalue weighted by atomic mass is 10.1. The first-order valence-electron chi connectivity index (χ1n) is 6.31. The molecule has 0 fully saturated rings. The van der Waals surface area contributed by atoms with E-state index in [1.54, 1.807) is 18.2 Å². The molecule has 0 spiro atoms. The molecule has 0 heterocycles. The van der Waals surface area contributed by atoms with Crippen molar-refractivity contribution in [3.8, 4) is 5.75 Å². The van der Waals surface area contributed by atoms with Crippen molar-refractivity contribution in [3.05, 3.63) is 50.9 Å². The molecule has 0 radical (unpaired) electrons. The summed E-state index contributed by atoms with van der Waals surface area (Å²) >= 11 is 6.82. The Hall–Kier alpha value is -1.53. The zero-order valence-electron chi connectivity index (χ0n) is 11.3. The van der Waals surface area contributed by atoms with E-state index in [4.69, 9.17) is 10.5 Å². The zero-order chi connectivity index (χ0) is 15.4. The number of halogens is 2. The van der Waals surface area contributed by atoms with E-state index in [9.17, 15) is 4.79 Å². The highest BCUT2D eigenvalue weighted by Gasteiger charge is 2.17. The van der Waals surface area contributed by atoms with Crippen LogP contribution in [0.15, 0.2) is 45.3 Å². The van der Waals surface area contributed by atoms with E-state index in [0.717, 1.165) is 8.95 Å². The lowest BCUT2D eigenvalue weighted by molar-refractivity contribution is 0.102. The summed E-state index contributed by atoms with van der Waals surface area (Å²) in [5.41, 5.74) is 7.38. The van der Waals surface area contributed by atoms with Gasteiger partial charge in [0, 0.05) is 8.95 Å². The minimum Gasteiger partial charge on any atom is -0.491 e. The Balaban J connectivity index is 2.35. The van der Waals surface area contributed by atoms with Crippen molar-refractivity contribution in [2.24, 2.45) is 0 Å². The molecular weight excluding hydrogens is 400 g/mol. The number of hydrogen-bond acceptors (Lipinski definition) is 3. The van der Waals surface area contributed by atoms with E-state index >= 15 is 0 Å². The predicted molar refractivity (Wildman–Crippen MR) is 91.8 cm³/mol. The molecule has 0 aliphatic heterocycles. The zero-order valence-corrected chi connectivity index (χ0v) is 14.5. The Kier molecular flexibility index (Phi) is 5.25. The number of carbonyl (C=O) groups is 1. The van der Waals surface area contributed by atoms with Gasteiger partial charge in [-0.15, -0.1) is 0 Å². The summed E-state index contributed by atoms with van der Waals surface area (Å²) in [5, 5.41) is 2.85. The molecule has 2 aromatic rings. The van der Waals surface area contributed by atoms with Crippen molar-refractivity contribution in [3.63, 3.8) is 0 Å². The van der Waals surface area contributed by atoms with E-state index in [1.807, 2.05) is 25.1 Å². The standard InChI is InChI=1S/C15H14Br2N2O2/c1-2-21-14-9(5-3-8-12(14)18)15(20)19-13-10(16)6-4-7-11(13)17/h3-8H,2,18H2,1H3,(H,19,20). The number of hydrogen-bond donors (Lipinski definition) is 2. The van der Waals surface area contributed by atoms with E-state index < -0.39 is 0 Å². The van der Waals surface area contributed by atoms with Gasteiger partial charge >= 0.3 is 0 Å². The van der Waals surface area contributed by atoms with Crippen LogP contribution in [0.5, 0.6) is 5.75 Å². The number of ether oxygens (including phenoxy) is 1. The van der Waals surface area contributed by atoms with Crippen molar-refractivity contribution >= 4 is 49.1 Å². The molecule has 21 heavy (non-hydrogen) atoms. The van der Waals surface area contributed by atoms with Crippen molar-refractivity contribution < 1.29 is 9.53 Å². The van der Waals surface area contributed by atoms with Gasteiger partial charge in [-0.3, -0.25) is 4.79 Å². The van der Waals surface area contributed by atoms with Crippen LogP contribution in [-0.2, 0) is 0 Å². The second-order valence-corrected chi connectivity index (χ2v) is 5.92. The summed E-state index contributed by atoms with van der Waals surface area (Å²) in [5.74, 6) is 0.124. The van der Waals surface area contributed by atoms with Crippen LogP contribution in [0.4, 0.5) is 11.4 Å². The number of nitrogens with two attached hydrogens (primary N) is 1. The number of rotatable bonds is 4. The molecule has 2 rings (SSSR count). The van der Waals surface area contributed by atoms with Gasteiger partial charge in [0.25, 0.3) is 5.91 Å². The van der Waals surface area contributed by atoms with Crippen molar-refractivity contribution in [1.29, 1.82) is 0 Å². The van der Waals surface area contributed by atoms with Gasteiger partial charge < -0.3 is 15.8 Å². The summed E-state index contributed by atoms with van der Waals surface area (Å²) in [4.78, 5) is 12.5. The summed E-state index contributed by atoms with van der Waals surface area (Å²) < 4.78 is 7.05. The first-order valence-corrected chi connectivity index (χ1v) is 7.89. The summed E-state index contributed by atoms with van der Waals surface area (Å²) in [7, 11) is 0. The molecule has 0 aliphatic rings. The third-order valence-corrected chi connectivity index (χ3v) is 4.10. The Bertz CT molecular complexity index is 654. The monoisotopic (exact) mass is 412 g/mol. The van der Waals surface area contributed by atoms with E-state index in [-0.39, 0.29) is 5.91 Å². The molecule has 3 N–H and O–H groups in total. The summed E-state index contributed by atoms with van der Waals surface area (Å²) in [6, 6.07) is 10.7. The summed E-state index contributed by atoms with van der Waals surface area (Å²) in [6.45, 7) is 2.28. The average Bonchev–Trinajstić information content (AvgIpc) is 2.45. The Labute approximate surface area is 139 Å². The van der Waals surface area contributed by atoms with Crippen LogP contribution in [0.25, 0.3) is 0 Å². The quantitative estimate of drug-likeness (QED) is 0.728. The lowest BCUT2D eigenvalue weighted by Gasteiger charge is -2.14. The van der Waals surface area contributed by atoms with Crippen molar-refractivity contribution in [1.82, 2.24) is 0 Å². The predicted octanol–water partition coefficient (Wildman–Crippen LogP) is 4.44. The molecule has 0 unspecified atom stereocenters. The number of nitrogens with one attached hydrogen (secondary N) is 1. The molecule has 1 amide bonds. The van der Waals surface area contributed by atoms with Crippen LogP contribution < -0.4 is 15.8 Å². The third kappa shape index (κ3) is 3.57. The van der Waals surface area contributed by atoms with E-state index in [2.05, 4.69) is 37.2 Å². The molecule has 0 aromatic heterocycles. The molecule has 2 aromatic carbocycles. The van der Waals surface area contributed by atoms with Gasteiger partial charge in [-0.2, -0.15) is 0 Å². The highest BCUT2D eigenvalue weighted by atomic mass is 79.9. The highest BCUT2D eigenvalue weighted by Crippen LogP contribution is 2.32. The SMILES string of the molecule is CCOc1c(N)cccc1C(=O)Nc1c(Br)cccc1Br. The molecular formula is C15H14Br2N2O2. The van der Waals surface area contributed by atoms with Gasteiger partial charge in [0.1, 0.15) is 0 Å². The topological polar surface area (TPSA) is 64.3 Å². The molecule has 4 nitrogen and oxygen atoms in total. The number of benzene rings is 2. The molecule has 0 saturated carbocycles. The molecule has 6 heteroatoms. The number of para-hydroxylation sites is 2. The Morgan fingerprint density at radius 2 is 1.81 bits per heavy atom. The average molecular weight is 414 g/mol. The maximum atomic E-state index is 12.5. The summed E-state index contributed by atoms with van der Waals surface area (Å²) in [6.07, 6.45) is 0. The Morgan fingerprint density at radius 3 is 2.43 bits per heavy atom. The van der Waals surface area contributed by atoms with Crippen LogP contribution in [0, 0.1) is 0 Å². The Morgan fingerprint density at radius 1 is 1.19 bits per heavy atom. The maximum absolute atomic E-state index is 12.5. The minimum atomic E-state index is -0.279. The fraction of sp³-hybridized carbons (Fsp3) is 0.133. The molecule has 0 atom stereocenters. The van der Waals surface area contributed by atoms with E-state index in [0.29, 0.717) is 29.3 Å². The normalized spacial score (nSPS) is 10.2. The number of amides is 1. The van der Waals surface area contributed by atoms with Crippen LogP contribution in [0.1, 0.15) is 17.3 Å². The van der Waals surface area contributed by atoms with Crippen LogP contribution in [0.3, 0.4) is 0 Å². The molecule has 0 saturated heterocycles. The second-order valence-electron chi connectivity index (χ2n) is 4.21. The van der Waals surface area contributed by atoms with Gasteiger partial charge in [-0.05, 0) is 63.0 Å². The molecule has 0 bridgehead atoms. The van der Waals surface area contributed by atoms with Gasteiger partial charge in [0.2, 0.25) is 0 Å². The largest absolute Gasteiger partial charge is 0.491 e. The number of nitrogen functional groups attached to an aromatic ring is 1. The van der Waals surface area contributed by atoms with E-state index in [1.165, 1.54) is 0 Å². The third-order valence-electron chi connectivity index (χ3n) is 2.78. The number of carbonyl (C=O) groups excluding carboxylic acids is 1. The molecule has 110 valence electrons. The number of anilines is 2. The van der Waals surface area contributed by atoms with Crippen LogP contribution >= 0.6 is 31.9 Å². The fourth-order valence-corrected chi connectivity index (χ4v) is 3.03. The molecule has 0 aliphatic carbocycles. The smallest absolute Gasteiger partial charge is 0.259 e. The maximum Gasteiger partial charge on any atom is 0.259 e.